The molecule has 0 unspecified atom stereocenters. The van der Waals surface area contributed by atoms with E-state index in [1.807, 2.05) is 6.08 Å². The molecule has 1 saturated heterocycles. The standard InChI is InChI=1S/C8H13NO/c1-2-3-4-9-5-7-10-8-6-9/h3H,1,4-8H2. The molecule has 0 bridgehead atoms. The van der Waals surface area contributed by atoms with Crippen LogP contribution in [0.2, 0.25) is 0 Å². The zero-order chi connectivity index (χ0) is 7.23. The predicted octanol–water partition coefficient (Wildman–Crippen LogP) is 0.660. The Morgan fingerprint density at radius 1 is 1.50 bits per heavy atom. The predicted molar refractivity (Wildman–Crippen MR) is 41.0 cm³/mol. The van der Waals surface area contributed by atoms with Crippen molar-refractivity contribution in [1.29, 1.82) is 0 Å². The molecule has 0 aromatic carbocycles. The molecule has 0 aromatic rings. The van der Waals surface area contributed by atoms with Crippen LogP contribution in [0.15, 0.2) is 18.4 Å². The van der Waals surface area contributed by atoms with E-state index in [1.165, 1.54) is 0 Å². The Morgan fingerprint density at radius 2 is 2.20 bits per heavy atom. The van der Waals surface area contributed by atoms with Gasteiger partial charge in [-0.2, -0.15) is 0 Å². The van der Waals surface area contributed by atoms with Gasteiger partial charge in [0, 0.05) is 19.6 Å². The van der Waals surface area contributed by atoms with Gasteiger partial charge in [-0.25, -0.2) is 0 Å². The summed E-state index contributed by atoms with van der Waals surface area (Å²) in [6, 6.07) is 0. The third-order valence-electron chi connectivity index (χ3n) is 1.60. The number of ether oxygens (including phenoxy) is 1. The molecular formula is C8H13NO. The molecule has 0 aliphatic carbocycles. The Balaban J connectivity index is 2.19. The average Bonchev–Trinajstić information content (AvgIpc) is 2.03. The van der Waals surface area contributed by atoms with Gasteiger partial charge in [0.25, 0.3) is 0 Å². The Bertz CT molecular complexity index is 132. The van der Waals surface area contributed by atoms with Crippen molar-refractivity contribution in [3.05, 3.63) is 18.4 Å². The summed E-state index contributed by atoms with van der Waals surface area (Å²) in [6.45, 7) is 8.28. The minimum absolute atomic E-state index is 0.866. The molecule has 1 aliphatic rings. The largest absolute Gasteiger partial charge is 0.379 e. The normalized spacial score (nSPS) is 20.0. The van der Waals surface area contributed by atoms with Crippen molar-refractivity contribution in [2.75, 3.05) is 32.8 Å². The lowest BCUT2D eigenvalue weighted by atomic mass is 10.4. The van der Waals surface area contributed by atoms with Crippen LogP contribution in [0, 0.1) is 0 Å². The highest BCUT2D eigenvalue weighted by atomic mass is 16.5. The first kappa shape index (κ1) is 7.55. The number of morpholine rings is 1. The highest BCUT2D eigenvalue weighted by Crippen LogP contribution is 1.95. The first-order valence-corrected chi connectivity index (χ1v) is 3.58. The van der Waals surface area contributed by atoms with Gasteiger partial charge in [-0.1, -0.05) is 6.58 Å². The van der Waals surface area contributed by atoms with E-state index in [4.69, 9.17) is 4.74 Å². The summed E-state index contributed by atoms with van der Waals surface area (Å²) >= 11 is 0. The van der Waals surface area contributed by atoms with Gasteiger partial charge in [0.2, 0.25) is 0 Å². The molecule has 10 heavy (non-hydrogen) atoms. The second-order valence-electron chi connectivity index (χ2n) is 2.32. The summed E-state index contributed by atoms with van der Waals surface area (Å²) < 4.78 is 5.19. The molecule has 0 N–H and O–H groups in total. The Kier molecular flexibility index (Phi) is 3.23. The van der Waals surface area contributed by atoms with Crippen molar-refractivity contribution in [1.82, 2.24) is 4.90 Å². The molecule has 0 amide bonds. The van der Waals surface area contributed by atoms with Gasteiger partial charge in [0.1, 0.15) is 0 Å². The van der Waals surface area contributed by atoms with Gasteiger partial charge in [-0.05, 0) is 6.08 Å². The molecule has 1 fully saturated rings. The van der Waals surface area contributed by atoms with Crippen molar-refractivity contribution in [3.63, 3.8) is 0 Å². The molecular weight excluding hydrogens is 126 g/mol. The SMILES string of the molecule is C=C=CCN1CCOCC1. The third kappa shape index (κ3) is 2.36. The fraction of sp³-hybridized carbons (Fsp3) is 0.625. The number of rotatable bonds is 2. The van der Waals surface area contributed by atoms with Crippen LogP contribution in [-0.2, 0) is 4.74 Å². The molecule has 0 spiro atoms. The molecule has 56 valence electrons. The van der Waals surface area contributed by atoms with E-state index in [0.29, 0.717) is 0 Å². The molecule has 0 atom stereocenters. The van der Waals surface area contributed by atoms with E-state index >= 15 is 0 Å². The van der Waals surface area contributed by atoms with Crippen LogP contribution in [0.5, 0.6) is 0 Å². The van der Waals surface area contributed by atoms with E-state index in [1.54, 1.807) is 0 Å². The van der Waals surface area contributed by atoms with Crippen LogP contribution in [0.3, 0.4) is 0 Å². The van der Waals surface area contributed by atoms with Crippen molar-refractivity contribution in [2.45, 2.75) is 0 Å². The summed E-state index contributed by atoms with van der Waals surface area (Å²) in [5, 5.41) is 0. The molecule has 2 heteroatoms. The number of hydrogen-bond acceptors (Lipinski definition) is 2. The molecule has 0 saturated carbocycles. The number of nitrogens with zero attached hydrogens (tertiary/aromatic N) is 1. The summed E-state index contributed by atoms with van der Waals surface area (Å²) in [5.74, 6) is 0. The van der Waals surface area contributed by atoms with Crippen LogP contribution in [0.25, 0.3) is 0 Å². The summed E-state index contributed by atoms with van der Waals surface area (Å²) in [4.78, 5) is 2.32. The Hall–Kier alpha value is -0.560. The van der Waals surface area contributed by atoms with Crippen LogP contribution in [-0.4, -0.2) is 37.7 Å². The van der Waals surface area contributed by atoms with Crippen molar-refractivity contribution in [2.24, 2.45) is 0 Å². The van der Waals surface area contributed by atoms with Gasteiger partial charge < -0.3 is 4.74 Å². The van der Waals surface area contributed by atoms with E-state index in [-0.39, 0.29) is 0 Å². The van der Waals surface area contributed by atoms with Crippen LogP contribution in [0.1, 0.15) is 0 Å². The monoisotopic (exact) mass is 139 g/mol. The van der Waals surface area contributed by atoms with E-state index < -0.39 is 0 Å². The molecule has 0 aromatic heterocycles. The maximum atomic E-state index is 5.19. The lowest BCUT2D eigenvalue weighted by molar-refractivity contribution is 0.0434. The van der Waals surface area contributed by atoms with Crippen molar-refractivity contribution >= 4 is 0 Å². The highest BCUT2D eigenvalue weighted by molar-refractivity contribution is 4.80. The topological polar surface area (TPSA) is 12.5 Å². The van der Waals surface area contributed by atoms with Gasteiger partial charge in [0.05, 0.1) is 13.2 Å². The number of hydrogen-bond donors (Lipinski definition) is 0. The second-order valence-corrected chi connectivity index (χ2v) is 2.32. The van der Waals surface area contributed by atoms with Gasteiger partial charge in [-0.15, -0.1) is 5.73 Å². The minimum atomic E-state index is 0.866. The van der Waals surface area contributed by atoms with E-state index in [2.05, 4.69) is 17.2 Å². The maximum absolute atomic E-state index is 5.19. The van der Waals surface area contributed by atoms with Crippen LogP contribution in [0.4, 0.5) is 0 Å². The van der Waals surface area contributed by atoms with Gasteiger partial charge >= 0.3 is 0 Å². The summed E-state index contributed by atoms with van der Waals surface area (Å²) in [6.07, 6.45) is 1.95. The van der Waals surface area contributed by atoms with Crippen LogP contribution < -0.4 is 0 Å². The smallest absolute Gasteiger partial charge is 0.0594 e. The lowest BCUT2D eigenvalue weighted by Crippen LogP contribution is -2.36. The fourth-order valence-corrected chi connectivity index (χ4v) is 0.977. The first-order valence-electron chi connectivity index (χ1n) is 3.58. The Morgan fingerprint density at radius 3 is 2.80 bits per heavy atom. The highest BCUT2D eigenvalue weighted by Gasteiger charge is 2.06. The molecule has 0 radical (unpaired) electrons. The minimum Gasteiger partial charge on any atom is -0.379 e. The van der Waals surface area contributed by atoms with Gasteiger partial charge in [-0.3, -0.25) is 4.90 Å². The van der Waals surface area contributed by atoms with Crippen molar-refractivity contribution < 1.29 is 4.74 Å². The van der Waals surface area contributed by atoms with E-state index in [0.717, 1.165) is 32.8 Å². The molecule has 2 nitrogen and oxygen atoms in total. The zero-order valence-corrected chi connectivity index (χ0v) is 6.18. The second kappa shape index (κ2) is 4.29. The summed E-state index contributed by atoms with van der Waals surface area (Å²) in [5.41, 5.74) is 2.76. The van der Waals surface area contributed by atoms with Crippen molar-refractivity contribution in [3.8, 4) is 0 Å². The molecule has 1 rings (SSSR count). The summed E-state index contributed by atoms with van der Waals surface area (Å²) in [7, 11) is 0. The third-order valence-corrected chi connectivity index (χ3v) is 1.60. The first-order chi connectivity index (χ1) is 4.93. The molecule has 1 heterocycles. The van der Waals surface area contributed by atoms with Gasteiger partial charge in [0.15, 0.2) is 0 Å². The van der Waals surface area contributed by atoms with Crippen LogP contribution >= 0.6 is 0 Å². The molecule has 1 aliphatic heterocycles. The lowest BCUT2D eigenvalue weighted by Gasteiger charge is -2.24. The quantitative estimate of drug-likeness (QED) is 0.521. The Labute approximate surface area is 61.8 Å². The zero-order valence-electron chi connectivity index (χ0n) is 6.18. The maximum Gasteiger partial charge on any atom is 0.0594 e. The fourth-order valence-electron chi connectivity index (χ4n) is 0.977. The van der Waals surface area contributed by atoms with E-state index in [9.17, 15) is 0 Å². The average molecular weight is 139 g/mol.